The van der Waals surface area contributed by atoms with Gasteiger partial charge in [0, 0.05) is 12.2 Å². The molecule has 0 bridgehead atoms. The lowest BCUT2D eigenvalue weighted by Gasteiger charge is -2.21. The Hall–Kier alpha value is -2.49. The maximum atomic E-state index is 12.4. The standard InChI is InChI=1S/C15H15NO3/c1-2-16(11-6-4-3-5-7-11)15(19)13-10-12(17)8-9-14(13)18/h3-10,17-18H,2H2,1H3. The third-order valence-electron chi connectivity index (χ3n) is 2.84. The number of amides is 1. The summed E-state index contributed by atoms with van der Waals surface area (Å²) in [5.74, 6) is -0.537. The van der Waals surface area contributed by atoms with E-state index in [1.54, 1.807) is 0 Å². The molecule has 0 aliphatic rings. The molecule has 1 amide bonds. The Bertz CT molecular complexity index is 581. The summed E-state index contributed by atoms with van der Waals surface area (Å²) in [6.45, 7) is 2.32. The van der Waals surface area contributed by atoms with Crippen LogP contribution in [0, 0.1) is 0 Å². The summed E-state index contributed by atoms with van der Waals surface area (Å²) in [6, 6.07) is 13.1. The number of para-hydroxylation sites is 1. The molecule has 2 aromatic rings. The Labute approximate surface area is 111 Å². The van der Waals surface area contributed by atoms with Gasteiger partial charge in [-0.3, -0.25) is 4.79 Å². The Kier molecular flexibility index (Phi) is 3.71. The van der Waals surface area contributed by atoms with Gasteiger partial charge in [-0.1, -0.05) is 18.2 Å². The lowest BCUT2D eigenvalue weighted by atomic mass is 10.1. The first kappa shape index (κ1) is 13.0. The molecule has 0 radical (unpaired) electrons. The molecule has 0 saturated heterocycles. The molecule has 98 valence electrons. The maximum absolute atomic E-state index is 12.4. The molecular formula is C15H15NO3. The fraction of sp³-hybridized carbons (Fsp3) is 0.133. The number of rotatable bonds is 3. The van der Waals surface area contributed by atoms with E-state index in [2.05, 4.69) is 0 Å². The minimum Gasteiger partial charge on any atom is -0.508 e. The predicted molar refractivity (Wildman–Crippen MR) is 73.6 cm³/mol. The Morgan fingerprint density at radius 2 is 1.79 bits per heavy atom. The number of anilines is 1. The number of carbonyl (C=O) groups is 1. The van der Waals surface area contributed by atoms with Crippen molar-refractivity contribution < 1.29 is 15.0 Å². The summed E-state index contributed by atoms with van der Waals surface area (Å²) in [5, 5.41) is 19.2. The van der Waals surface area contributed by atoms with Gasteiger partial charge < -0.3 is 15.1 Å². The van der Waals surface area contributed by atoms with Crippen molar-refractivity contribution in [3.63, 3.8) is 0 Å². The highest BCUT2D eigenvalue weighted by molar-refractivity contribution is 6.08. The number of hydrogen-bond donors (Lipinski definition) is 2. The average molecular weight is 257 g/mol. The van der Waals surface area contributed by atoms with Crippen LogP contribution in [0.4, 0.5) is 5.69 Å². The molecule has 0 heterocycles. The van der Waals surface area contributed by atoms with Crippen LogP contribution in [-0.2, 0) is 0 Å². The van der Waals surface area contributed by atoms with Crippen LogP contribution >= 0.6 is 0 Å². The largest absolute Gasteiger partial charge is 0.508 e. The molecule has 19 heavy (non-hydrogen) atoms. The van der Waals surface area contributed by atoms with Crippen LogP contribution in [0.25, 0.3) is 0 Å². The van der Waals surface area contributed by atoms with E-state index >= 15 is 0 Å². The van der Waals surface area contributed by atoms with Crippen molar-refractivity contribution in [1.82, 2.24) is 0 Å². The van der Waals surface area contributed by atoms with E-state index in [1.807, 2.05) is 37.3 Å². The number of benzene rings is 2. The van der Waals surface area contributed by atoms with Crippen LogP contribution in [0.1, 0.15) is 17.3 Å². The third-order valence-corrected chi connectivity index (χ3v) is 2.84. The van der Waals surface area contributed by atoms with Gasteiger partial charge in [-0.15, -0.1) is 0 Å². The van der Waals surface area contributed by atoms with Gasteiger partial charge in [0.25, 0.3) is 5.91 Å². The first-order valence-electron chi connectivity index (χ1n) is 6.02. The quantitative estimate of drug-likeness (QED) is 0.831. The fourth-order valence-electron chi connectivity index (χ4n) is 1.89. The van der Waals surface area contributed by atoms with Crippen LogP contribution in [0.15, 0.2) is 48.5 Å². The average Bonchev–Trinajstić information content (AvgIpc) is 2.43. The molecular weight excluding hydrogens is 242 g/mol. The molecule has 0 aliphatic heterocycles. The van der Waals surface area contributed by atoms with Crippen molar-refractivity contribution in [2.45, 2.75) is 6.92 Å². The highest BCUT2D eigenvalue weighted by Crippen LogP contribution is 2.25. The predicted octanol–water partition coefficient (Wildman–Crippen LogP) is 2.76. The number of hydrogen-bond acceptors (Lipinski definition) is 3. The normalized spacial score (nSPS) is 10.2. The van der Waals surface area contributed by atoms with Crippen LogP contribution in [0.5, 0.6) is 11.5 Å². The molecule has 0 saturated carbocycles. The number of nitrogens with zero attached hydrogens (tertiary/aromatic N) is 1. The number of phenols is 2. The molecule has 4 heteroatoms. The lowest BCUT2D eigenvalue weighted by molar-refractivity contribution is 0.0985. The van der Waals surface area contributed by atoms with Gasteiger partial charge in [0.2, 0.25) is 0 Å². The van der Waals surface area contributed by atoms with Crippen molar-refractivity contribution in [2.24, 2.45) is 0 Å². The second kappa shape index (κ2) is 5.44. The molecule has 2 rings (SSSR count). The van der Waals surface area contributed by atoms with Crippen molar-refractivity contribution in [3.05, 3.63) is 54.1 Å². The molecule has 0 aromatic heterocycles. The van der Waals surface area contributed by atoms with E-state index in [-0.39, 0.29) is 23.0 Å². The van der Waals surface area contributed by atoms with E-state index in [4.69, 9.17) is 0 Å². The molecule has 0 spiro atoms. The number of aromatic hydroxyl groups is 2. The van der Waals surface area contributed by atoms with Gasteiger partial charge in [0.15, 0.2) is 0 Å². The van der Waals surface area contributed by atoms with Crippen molar-refractivity contribution in [1.29, 1.82) is 0 Å². The van der Waals surface area contributed by atoms with Crippen molar-refractivity contribution >= 4 is 11.6 Å². The zero-order valence-electron chi connectivity index (χ0n) is 10.6. The second-order valence-electron chi connectivity index (χ2n) is 4.09. The van der Waals surface area contributed by atoms with Gasteiger partial charge in [0.05, 0.1) is 5.56 Å². The van der Waals surface area contributed by atoms with Crippen LogP contribution in [0.3, 0.4) is 0 Å². The summed E-state index contributed by atoms with van der Waals surface area (Å²) < 4.78 is 0. The van der Waals surface area contributed by atoms with Crippen molar-refractivity contribution in [3.8, 4) is 11.5 Å². The van der Waals surface area contributed by atoms with E-state index in [9.17, 15) is 15.0 Å². The van der Waals surface area contributed by atoms with E-state index in [0.29, 0.717) is 6.54 Å². The van der Waals surface area contributed by atoms with Gasteiger partial charge in [0.1, 0.15) is 11.5 Å². The minimum absolute atomic E-state index is 0.0507. The molecule has 0 atom stereocenters. The molecule has 2 N–H and O–H groups in total. The Balaban J connectivity index is 2.39. The molecule has 4 nitrogen and oxygen atoms in total. The first-order valence-corrected chi connectivity index (χ1v) is 6.02. The fourth-order valence-corrected chi connectivity index (χ4v) is 1.89. The zero-order valence-corrected chi connectivity index (χ0v) is 10.6. The van der Waals surface area contributed by atoms with Gasteiger partial charge in [-0.2, -0.15) is 0 Å². The summed E-state index contributed by atoms with van der Waals surface area (Å²) >= 11 is 0. The minimum atomic E-state index is -0.345. The van der Waals surface area contributed by atoms with Crippen LogP contribution < -0.4 is 4.90 Å². The molecule has 0 aliphatic carbocycles. The first-order chi connectivity index (χ1) is 9.13. The Morgan fingerprint density at radius 1 is 1.11 bits per heavy atom. The summed E-state index contributed by atoms with van der Waals surface area (Å²) in [4.78, 5) is 13.9. The van der Waals surface area contributed by atoms with Gasteiger partial charge in [-0.25, -0.2) is 0 Å². The topological polar surface area (TPSA) is 60.8 Å². The van der Waals surface area contributed by atoms with E-state index < -0.39 is 0 Å². The summed E-state index contributed by atoms with van der Waals surface area (Å²) in [6.07, 6.45) is 0. The van der Waals surface area contributed by atoms with Gasteiger partial charge in [-0.05, 0) is 37.3 Å². The Morgan fingerprint density at radius 3 is 2.42 bits per heavy atom. The van der Waals surface area contributed by atoms with E-state index in [0.717, 1.165) is 5.69 Å². The van der Waals surface area contributed by atoms with Crippen LogP contribution in [0.2, 0.25) is 0 Å². The zero-order chi connectivity index (χ0) is 13.8. The lowest BCUT2D eigenvalue weighted by Crippen LogP contribution is -2.30. The smallest absolute Gasteiger partial charge is 0.262 e. The van der Waals surface area contributed by atoms with Crippen molar-refractivity contribution in [2.75, 3.05) is 11.4 Å². The van der Waals surface area contributed by atoms with Gasteiger partial charge >= 0.3 is 0 Å². The number of phenolic OH excluding ortho intramolecular Hbond substituents is 2. The second-order valence-corrected chi connectivity index (χ2v) is 4.09. The highest BCUT2D eigenvalue weighted by atomic mass is 16.3. The van der Waals surface area contributed by atoms with E-state index in [1.165, 1.54) is 23.1 Å². The van der Waals surface area contributed by atoms with Crippen LogP contribution in [-0.4, -0.2) is 22.7 Å². The molecule has 2 aromatic carbocycles. The monoisotopic (exact) mass is 257 g/mol. The maximum Gasteiger partial charge on any atom is 0.262 e. The number of carbonyl (C=O) groups excluding carboxylic acids is 1. The molecule has 0 unspecified atom stereocenters. The SMILES string of the molecule is CCN(C(=O)c1cc(O)ccc1O)c1ccccc1. The third kappa shape index (κ3) is 2.68. The highest BCUT2D eigenvalue weighted by Gasteiger charge is 2.19. The molecule has 0 fully saturated rings. The summed E-state index contributed by atoms with van der Waals surface area (Å²) in [5.41, 5.74) is 0.837. The summed E-state index contributed by atoms with van der Waals surface area (Å²) in [7, 11) is 0.